The number of carbonyl (C=O) groups is 2. The molecule has 1 aliphatic rings. The van der Waals surface area contributed by atoms with Gasteiger partial charge in [0.2, 0.25) is 0 Å². The Bertz CT molecular complexity index is 448. The highest BCUT2D eigenvalue weighted by Crippen LogP contribution is 2.36. The van der Waals surface area contributed by atoms with Gasteiger partial charge in [0.15, 0.2) is 0 Å². The molecule has 0 saturated carbocycles. The van der Waals surface area contributed by atoms with Gasteiger partial charge in [-0.25, -0.2) is 0 Å². The van der Waals surface area contributed by atoms with Crippen LogP contribution in [-0.4, -0.2) is 45.1 Å². The first-order chi connectivity index (χ1) is 8.04. The van der Waals surface area contributed by atoms with Crippen molar-refractivity contribution in [3.05, 3.63) is 30.1 Å². The number of aliphatic hydroxyl groups excluding tert-OH is 1. The molecule has 1 amide bonds. The lowest BCUT2D eigenvalue weighted by molar-refractivity contribution is -0.147. The second-order valence-electron chi connectivity index (χ2n) is 3.99. The third-order valence-corrected chi connectivity index (χ3v) is 3.01. The number of amides is 1. The number of pyridine rings is 1. The van der Waals surface area contributed by atoms with Crippen LogP contribution in [0.15, 0.2) is 24.5 Å². The molecule has 90 valence electrons. The second kappa shape index (κ2) is 4.14. The zero-order valence-electron chi connectivity index (χ0n) is 9.15. The van der Waals surface area contributed by atoms with Crippen molar-refractivity contribution in [1.29, 1.82) is 0 Å². The van der Waals surface area contributed by atoms with Crippen molar-refractivity contribution < 1.29 is 19.8 Å². The molecule has 17 heavy (non-hydrogen) atoms. The van der Waals surface area contributed by atoms with Crippen LogP contribution in [0.4, 0.5) is 0 Å². The maximum Gasteiger partial charge on any atom is 0.312 e. The lowest BCUT2D eigenvalue weighted by Crippen LogP contribution is -2.29. The van der Waals surface area contributed by atoms with Gasteiger partial charge in [0.05, 0.1) is 6.04 Å². The van der Waals surface area contributed by atoms with Crippen molar-refractivity contribution in [3.63, 3.8) is 0 Å². The molecule has 0 radical (unpaired) electrons. The van der Waals surface area contributed by atoms with Gasteiger partial charge in [-0.15, -0.1) is 0 Å². The van der Waals surface area contributed by atoms with Gasteiger partial charge in [-0.2, -0.15) is 0 Å². The number of aromatic nitrogens is 1. The summed E-state index contributed by atoms with van der Waals surface area (Å²) in [5, 5.41) is 18.7. The second-order valence-corrected chi connectivity index (χ2v) is 3.99. The molecule has 1 aliphatic heterocycles. The van der Waals surface area contributed by atoms with E-state index in [9.17, 15) is 14.7 Å². The summed E-state index contributed by atoms with van der Waals surface area (Å²) in [7, 11) is 1.48. The van der Waals surface area contributed by atoms with E-state index in [0.717, 1.165) is 0 Å². The molecule has 2 heterocycles. The topological polar surface area (TPSA) is 90.7 Å². The summed E-state index contributed by atoms with van der Waals surface area (Å²) in [5.74, 6) is -2.92. The number of carboxylic acids is 1. The van der Waals surface area contributed by atoms with E-state index in [0.29, 0.717) is 5.56 Å². The van der Waals surface area contributed by atoms with Crippen LogP contribution in [-0.2, 0) is 9.59 Å². The van der Waals surface area contributed by atoms with Crippen LogP contribution in [0.25, 0.3) is 0 Å². The fourth-order valence-electron chi connectivity index (χ4n) is 2.16. The molecule has 6 nitrogen and oxygen atoms in total. The minimum atomic E-state index is -1.50. The molecule has 1 aromatic heterocycles. The molecule has 2 rings (SSSR count). The summed E-state index contributed by atoms with van der Waals surface area (Å²) in [4.78, 5) is 27.9. The average molecular weight is 236 g/mol. The van der Waals surface area contributed by atoms with Crippen LogP contribution in [0.5, 0.6) is 0 Å². The molecule has 6 heteroatoms. The monoisotopic (exact) mass is 236 g/mol. The van der Waals surface area contributed by atoms with Crippen LogP contribution in [0, 0.1) is 5.92 Å². The molecule has 0 aromatic carbocycles. The van der Waals surface area contributed by atoms with Crippen molar-refractivity contribution in [2.75, 3.05) is 7.05 Å². The average Bonchev–Trinajstić information content (AvgIpc) is 2.55. The van der Waals surface area contributed by atoms with E-state index in [-0.39, 0.29) is 0 Å². The van der Waals surface area contributed by atoms with Gasteiger partial charge in [0.25, 0.3) is 5.91 Å². The summed E-state index contributed by atoms with van der Waals surface area (Å²) in [6, 6.07) is 2.68. The number of hydrogen-bond donors (Lipinski definition) is 2. The fourth-order valence-corrected chi connectivity index (χ4v) is 2.16. The summed E-state index contributed by atoms with van der Waals surface area (Å²) in [6.45, 7) is 0. The maximum atomic E-state index is 11.6. The van der Waals surface area contributed by atoms with Crippen molar-refractivity contribution in [1.82, 2.24) is 9.88 Å². The Kier molecular flexibility index (Phi) is 2.81. The van der Waals surface area contributed by atoms with Crippen molar-refractivity contribution in [2.45, 2.75) is 12.1 Å². The Hall–Kier alpha value is -1.95. The zero-order chi connectivity index (χ0) is 12.6. The first kappa shape index (κ1) is 11.5. The van der Waals surface area contributed by atoms with Gasteiger partial charge in [-0.1, -0.05) is 6.07 Å². The van der Waals surface area contributed by atoms with Crippen LogP contribution in [0.2, 0.25) is 0 Å². The normalized spacial score (nSPS) is 28.5. The molecule has 1 saturated heterocycles. The smallest absolute Gasteiger partial charge is 0.312 e. The van der Waals surface area contributed by atoms with Crippen molar-refractivity contribution >= 4 is 11.9 Å². The minimum Gasteiger partial charge on any atom is -0.481 e. The first-order valence-electron chi connectivity index (χ1n) is 5.11. The van der Waals surface area contributed by atoms with E-state index in [4.69, 9.17) is 5.11 Å². The third-order valence-electron chi connectivity index (χ3n) is 3.01. The highest BCUT2D eigenvalue weighted by molar-refractivity contribution is 5.91. The third kappa shape index (κ3) is 1.76. The molecule has 3 atom stereocenters. The number of likely N-dealkylation sites (N-methyl/N-ethyl adjacent to an activating group) is 1. The molecular weight excluding hydrogens is 224 g/mol. The number of rotatable bonds is 2. The van der Waals surface area contributed by atoms with E-state index in [1.165, 1.54) is 18.1 Å². The number of nitrogens with zero attached hydrogens (tertiary/aromatic N) is 2. The predicted molar refractivity (Wildman–Crippen MR) is 56.9 cm³/mol. The van der Waals surface area contributed by atoms with E-state index in [1.54, 1.807) is 18.3 Å². The Morgan fingerprint density at radius 1 is 1.53 bits per heavy atom. The lowest BCUT2D eigenvalue weighted by Gasteiger charge is -2.22. The van der Waals surface area contributed by atoms with Crippen LogP contribution >= 0.6 is 0 Å². The molecule has 1 fully saturated rings. The number of carbonyl (C=O) groups excluding carboxylic acids is 1. The van der Waals surface area contributed by atoms with E-state index >= 15 is 0 Å². The Morgan fingerprint density at radius 3 is 2.76 bits per heavy atom. The molecular formula is C11H12N2O4. The molecule has 0 unspecified atom stereocenters. The van der Waals surface area contributed by atoms with Gasteiger partial charge in [-0.05, 0) is 11.6 Å². The number of aliphatic carboxylic acids is 1. The number of aliphatic hydroxyl groups is 1. The minimum absolute atomic E-state index is 0.578. The molecule has 0 spiro atoms. The van der Waals surface area contributed by atoms with Gasteiger partial charge in [0, 0.05) is 19.4 Å². The van der Waals surface area contributed by atoms with Crippen molar-refractivity contribution in [2.24, 2.45) is 5.92 Å². The fraction of sp³-hybridized carbons (Fsp3) is 0.364. The molecule has 0 aliphatic carbocycles. The van der Waals surface area contributed by atoms with E-state index in [2.05, 4.69) is 4.98 Å². The molecule has 1 aromatic rings. The van der Waals surface area contributed by atoms with E-state index in [1.807, 2.05) is 0 Å². The van der Waals surface area contributed by atoms with Crippen LogP contribution in [0.1, 0.15) is 11.6 Å². The molecule has 0 bridgehead atoms. The Balaban J connectivity index is 2.43. The highest BCUT2D eigenvalue weighted by atomic mass is 16.4. The van der Waals surface area contributed by atoms with Gasteiger partial charge < -0.3 is 15.1 Å². The predicted octanol–water partition coefficient (Wildman–Crippen LogP) is -0.344. The zero-order valence-corrected chi connectivity index (χ0v) is 9.15. The van der Waals surface area contributed by atoms with E-state index < -0.39 is 29.9 Å². The number of likely N-dealkylation sites (tertiary alicyclic amines) is 1. The summed E-state index contributed by atoms with van der Waals surface area (Å²) < 4.78 is 0. The van der Waals surface area contributed by atoms with Crippen molar-refractivity contribution in [3.8, 4) is 0 Å². The Morgan fingerprint density at radius 2 is 2.24 bits per heavy atom. The van der Waals surface area contributed by atoms with Crippen LogP contribution < -0.4 is 0 Å². The molecule has 2 N–H and O–H groups in total. The van der Waals surface area contributed by atoms with Gasteiger partial charge >= 0.3 is 5.97 Å². The quantitative estimate of drug-likeness (QED) is 0.732. The maximum absolute atomic E-state index is 11.6. The van der Waals surface area contributed by atoms with Gasteiger partial charge in [0.1, 0.15) is 12.0 Å². The number of hydrogen-bond acceptors (Lipinski definition) is 4. The largest absolute Gasteiger partial charge is 0.481 e. The SMILES string of the molecule is CN1C(=O)[C@H](O)[C@H](C(=O)O)[C@H]1c1cccnc1. The standard InChI is InChI=1S/C11H12N2O4/c1-13-8(6-3-2-4-12-5-6)7(11(16)17)9(14)10(13)15/h2-5,7-9,14H,1H3,(H,16,17)/t7-,8-,9-/m1/s1. The number of carboxylic acid groups (broad SMARTS) is 1. The lowest BCUT2D eigenvalue weighted by atomic mass is 9.93. The summed E-state index contributed by atoms with van der Waals surface area (Å²) >= 11 is 0. The Labute approximate surface area is 97.5 Å². The summed E-state index contributed by atoms with van der Waals surface area (Å²) in [6.07, 6.45) is 1.57. The first-order valence-corrected chi connectivity index (χ1v) is 5.11. The highest BCUT2D eigenvalue weighted by Gasteiger charge is 2.50. The van der Waals surface area contributed by atoms with Gasteiger partial charge in [-0.3, -0.25) is 14.6 Å². The van der Waals surface area contributed by atoms with Crippen LogP contribution in [0.3, 0.4) is 0 Å². The summed E-state index contributed by atoms with van der Waals surface area (Å²) in [5.41, 5.74) is 0.604.